The molecule has 0 bridgehead atoms. The van der Waals surface area contributed by atoms with Gasteiger partial charge in [-0.1, -0.05) is 25.5 Å². The predicted molar refractivity (Wildman–Crippen MR) is 90.4 cm³/mol. The molecule has 0 fully saturated rings. The van der Waals surface area contributed by atoms with E-state index in [9.17, 15) is 4.79 Å². The van der Waals surface area contributed by atoms with Gasteiger partial charge in [-0.3, -0.25) is 9.36 Å². The molecule has 0 unspecified atom stereocenters. The van der Waals surface area contributed by atoms with Crippen LogP contribution in [0.15, 0.2) is 53.3 Å². The van der Waals surface area contributed by atoms with Crippen LogP contribution in [0.2, 0.25) is 0 Å². The van der Waals surface area contributed by atoms with E-state index in [1.807, 2.05) is 36.4 Å². The molecule has 0 radical (unpaired) electrons. The standard InChI is InChI=1S/C18H19N3O/c1-2-3-8-17-20-16-7-5-4-6-15(16)18(22)21(17)14-11-9-13(19)10-12-14/h4-7,9-12H,2-3,8,19H2,1H3. The Kier molecular flexibility index (Phi) is 3.92. The third-order valence-electron chi connectivity index (χ3n) is 3.75. The van der Waals surface area contributed by atoms with Gasteiger partial charge in [0.05, 0.1) is 16.6 Å². The molecule has 1 heterocycles. The Morgan fingerprint density at radius 2 is 1.82 bits per heavy atom. The summed E-state index contributed by atoms with van der Waals surface area (Å²) < 4.78 is 1.71. The first kappa shape index (κ1) is 14.3. The lowest BCUT2D eigenvalue weighted by Gasteiger charge is -2.13. The van der Waals surface area contributed by atoms with Gasteiger partial charge in [-0.15, -0.1) is 0 Å². The summed E-state index contributed by atoms with van der Waals surface area (Å²) in [6.07, 6.45) is 2.84. The highest BCUT2D eigenvalue weighted by molar-refractivity contribution is 5.77. The fraction of sp³-hybridized carbons (Fsp3) is 0.222. The molecule has 0 aliphatic rings. The minimum Gasteiger partial charge on any atom is -0.399 e. The number of nitrogen functional groups attached to an aromatic ring is 1. The molecule has 0 amide bonds. The summed E-state index contributed by atoms with van der Waals surface area (Å²) in [6.45, 7) is 2.13. The van der Waals surface area contributed by atoms with Crippen molar-refractivity contribution in [1.29, 1.82) is 0 Å². The van der Waals surface area contributed by atoms with Gasteiger partial charge >= 0.3 is 0 Å². The Morgan fingerprint density at radius 1 is 1.09 bits per heavy atom. The second kappa shape index (κ2) is 6.02. The first-order valence-electron chi connectivity index (χ1n) is 7.57. The van der Waals surface area contributed by atoms with Crippen LogP contribution >= 0.6 is 0 Å². The van der Waals surface area contributed by atoms with Crippen LogP contribution in [0.25, 0.3) is 16.6 Å². The van der Waals surface area contributed by atoms with Gasteiger partial charge in [0.1, 0.15) is 5.82 Å². The summed E-state index contributed by atoms with van der Waals surface area (Å²) in [7, 11) is 0. The number of rotatable bonds is 4. The van der Waals surface area contributed by atoms with Gasteiger partial charge in [-0.2, -0.15) is 0 Å². The molecule has 0 aliphatic carbocycles. The van der Waals surface area contributed by atoms with Crippen molar-refractivity contribution in [2.75, 3.05) is 5.73 Å². The number of anilines is 1. The van der Waals surface area contributed by atoms with Crippen molar-refractivity contribution in [3.8, 4) is 5.69 Å². The highest BCUT2D eigenvalue weighted by Gasteiger charge is 2.12. The van der Waals surface area contributed by atoms with Crippen molar-refractivity contribution in [2.45, 2.75) is 26.2 Å². The quantitative estimate of drug-likeness (QED) is 0.751. The normalized spacial score (nSPS) is 11.0. The molecule has 22 heavy (non-hydrogen) atoms. The number of benzene rings is 2. The van der Waals surface area contributed by atoms with E-state index in [-0.39, 0.29) is 5.56 Å². The van der Waals surface area contributed by atoms with Crippen LogP contribution in [0.3, 0.4) is 0 Å². The van der Waals surface area contributed by atoms with Crippen LogP contribution in [-0.4, -0.2) is 9.55 Å². The number of nitrogens with two attached hydrogens (primary N) is 1. The zero-order chi connectivity index (χ0) is 15.5. The van der Waals surface area contributed by atoms with Crippen molar-refractivity contribution < 1.29 is 0 Å². The second-order valence-electron chi connectivity index (χ2n) is 5.38. The molecule has 2 N–H and O–H groups in total. The fourth-order valence-corrected chi connectivity index (χ4v) is 2.57. The third kappa shape index (κ3) is 2.60. The van der Waals surface area contributed by atoms with Gasteiger partial charge in [-0.05, 0) is 42.8 Å². The van der Waals surface area contributed by atoms with E-state index >= 15 is 0 Å². The minimum atomic E-state index is -0.0264. The highest BCUT2D eigenvalue weighted by Crippen LogP contribution is 2.15. The molecule has 3 aromatic rings. The number of fused-ring (bicyclic) bond motifs is 1. The molecule has 0 spiro atoms. The molecule has 0 saturated carbocycles. The van der Waals surface area contributed by atoms with Crippen LogP contribution in [0, 0.1) is 0 Å². The van der Waals surface area contributed by atoms with Gasteiger partial charge in [0.25, 0.3) is 5.56 Å². The first-order chi connectivity index (χ1) is 10.7. The zero-order valence-electron chi connectivity index (χ0n) is 12.6. The summed E-state index contributed by atoms with van der Waals surface area (Å²) in [5.41, 5.74) is 7.97. The summed E-state index contributed by atoms with van der Waals surface area (Å²) >= 11 is 0. The van der Waals surface area contributed by atoms with Gasteiger partial charge < -0.3 is 5.73 Å². The first-order valence-corrected chi connectivity index (χ1v) is 7.57. The van der Waals surface area contributed by atoms with Crippen molar-refractivity contribution in [3.63, 3.8) is 0 Å². The van der Waals surface area contributed by atoms with Crippen LogP contribution in [0.4, 0.5) is 5.69 Å². The minimum absolute atomic E-state index is 0.0264. The number of nitrogens with zero attached hydrogens (tertiary/aromatic N) is 2. The molecule has 1 aromatic heterocycles. The lowest BCUT2D eigenvalue weighted by atomic mass is 10.2. The predicted octanol–water partition coefficient (Wildman–Crippen LogP) is 3.31. The summed E-state index contributed by atoms with van der Waals surface area (Å²) in [4.78, 5) is 17.6. The van der Waals surface area contributed by atoms with Crippen LogP contribution in [0.1, 0.15) is 25.6 Å². The topological polar surface area (TPSA) is 60.9 Å². The number of unbranched alkanes of at least 4 members (excludes halogenated alkanes) is 1. The molecule has 112 valence electrons. The van der Waals surface area contributed by atoms with E-state index in [2.05, 4.69) is 6.92 Å². The van der Waals surface area contributed by atoms with E-state index in [0.717, 1.165) is 36.3 Å². The number of aryl methyl sites for hydroxylation is 1. The van der Waals surface area contributed by atoms with Crippen LogP contribution in [0.5, 0.6) is 0 Å². The Labute approximate surface area is 129 Å². The van der Waals surface area contributed by atoms with Crippen LogP contribution in [-0.2, 0) is 6.42 Å². The van der Waals surface area contributed by atoms with Crippen molar-refractivity contribution in [3.05, 3.63) is 64.7 Å². The molecule has 0 aliphatic heterocycles. The molecule has 2 aromatic carbocycles. The molecule has 4 nitrogen and oxygen atoms in total. The van der Waals surface area contributed by atoms with Crippen molar-refractivity contribution >= 4 is 16.6 Å². The Balaban J connectivity index is 2.27. The van der Waals surface area contributed by atoms with Gasteiger partial charge in [0.2, 0.25) is 0 Å². The Hall–Kier alpha value is -2.62. The van der Waals surface area contributed by atoms with Gasteiger partial charge in [0.15, 0.2) is 0 Å². The third-order valence-corrected chi connectivity index (χ3v) is 3.75. The van der Waals surface area contributed by atoms with E-state index in [1.54, 1.807) is 16.7 Å². The monoisotopic (exact) mass is 293 g/mol. The van der Waals surface area contributed by atoms with E-state index in [1.165, 1.54) is 0 Å². The summed E-state index contributed by atoms with van der Waals surface area (Å²) in [5.74, 6) is 0.801. The molecular formula is C18H19N3O. The maximum atomic E-state index is 12.9. The molecular weight excluding hydrogens is 274 g/mol. The second-order valence-corrected chi connectivity index (χ2v) is 5.38. The number of hydrogen-bond acceptors (Lipinski definition) is 3. The van der Waals surface area contributed by atoms with E-state index in [4.69, 9.17) is 10.7 Å². The number of hydrogen-bond donors (Lipinski definition) is 1. The number of para-hydroxylation sites is 1. The summed E-state index contributed by atoms with van der Waals surface area (Å²) in [6, 6.07) is 14.8. The largest absolute Gasteiger partial charge is 0.399 e. The lowest BCUT2D eigenvalue weighted by Crippen LogP contribution is -2.24. The molecule has 0 saturated heterocycles. The zero-order valence-corrected chi connectivity index (χ0v) is 12.6. The maximum Gasteiger partial charge on any atom is 0.265 e. The fourth-order valence-electron chi connectivity index (χ4n) is 2.57. The maximum absolute atomic E-state index is 12.9. The lowest BCUT2D eigenvalue weighted by molar-refractivity contribution is 0.720. The Bertz CT molecular complexity index is 850. The van der Waals surface area contributed by atoms with E-state index in [0.29, 0.717) is 11.1 Å². The average Bonchev–Trinajstić information content (AvgIpc) is 2.54. The number of aromatic nitrogens is 2. The van der Waals surface area contributed by atoms with Crippen molar-refractivity contribution in [2.24, 2.45) is 0 Å². The van der Waals surface area contributed by atoms with Gasteiger partial charge in [-0.25, -0.2) is 4.98 Å². The van der Waals surface area contributed by atoms with Crippen LogP contribution < -0.4 is 11.3 Å². The van der Waals surface area contributed by atoms with E-state index < -0.39 is 0 Å². The smallest absolute Gasteiger partial charge is 0.265 e. The molecule has 3 rings (SSSR count). The highest BCUT2D eigenvalue weighted by atomic mass is 16.1. The van der Waals surface area contributed by atoms with Crippen molar-refractivity contribution in [1.82, 2.24) is 9.55 Å². The SMILES string of the molecule is CCCCc1nc2ccccc2c(=O)n1-c1ccc(N)cc1. The molecule has 0 atom stereocenters. The average molecular weight is 293 g/mol. The molecule has 4 heteroatoms. The Morgan fingerprint density at radius 3 is 2.55 bits per heavy atom. The summed E-state index contributed by atoms with van der Waals surface area (Å²) in [5, 5.41) is 0.638. The van der Waals surface area contributed by atoms with Gasteiger partial charge in [0, 0.05) is 12.1 Å².